The highest BCUT2D eigenvalue weighted by atomic mass is 16.4. The van der Waals surface area contributed by atoms with Gasteiger partial charge in [0.15, 0.2) is 0 Å². The average molecular weight is 499 g/mol. The molecule has 0 saturated heterocycles. The van der Waals surface area contributed by atoms with E-state index in [2.05, 4.69) is 82.0 Å². The molecule has 0 radical (unpaired) electrons. The molecule has 37 heavy (non-hydrogen) atoms. The molecule has 4 nitrogen and oxygen atoms in total. The first-order chi connectivity index (χ1) is 17.5. The van der Waals surface area contributed by atoms with Crippen molar-refractivity contribution in [3.05, 3.63) is 83.3 Å². The van der Waals surface area contributed by atoms with Crippen LogP contribution in [0.4, 0.5) is 11.4 Å². The average Bonchev–Trinajstić information content (AvgIpc) is 3.04. The monoisotopic (exact) mass is 498 g/mol. The first kappa shape index (κ1) is 26.9. The van der Waals surface area contributed by atoms with Gasteiger partial charge in [-0.1, -0.05) is 62.8 Å². The van der Waals surface area contributed by atoms with Crippen molar-refractivity contribution in [3.63, 3.8) is 0 Å². The van der Waals surface area contributed by atoms with Crippen molar-refractivity contribution in [1.29, 1.82) is 0 Å². The molecule has 2 aliphatic heterocycles. The van der Waals surface area contributed by atoms with Crippen LogP contribution in [0, 0.1) is 5.41 Å². The molecule has 0 aliphatic carbocycles. The maximum absolute atomic E-state index is 11.3. The second-order valence-corrected chi connectivity index (χ2v) is 12.1. The lowest BCUT2D eigenvalue weighted by Crippen LogP contribution is -2.27. The molecule has 0 spiro atoms. The third-order valence-electron chi connectivity index (χ3n) is 7.70. The van der Waals surface area contributed by atoms with Crippen LogP contribution in [-0.2, 0) is 14.6 Å². The molecule has 2 aliphatic rings. The van der Waals surface area contributed by atoms with Crippen molar-refractivity contribution >= 4 is 22.9 Å². The molecule has 1 unspecified atom stereocenters. The molecule has 1 N–H and O–H groups in total. The van der Waals surface area contributed by atoms with Gasteiger partial charge in [0.05, 0.1) is 17.4 Å². The molecule has 2 aromatic carbocycles. The smallest absolute Gasteiger partial charge is 0.355 e. The third-order valence-corrected chi connectivity index (χ3v) is 7.70. The largest absolute Gasteiger partial charge is 0.698 e. The second-order valence-electron chi connectivity index (χ2n) is 12.1. The van der Waals surface area contributed by atoms with Crippen molar-refractivity contribution in [2.24, 2.45) is 5.41 Å². The Morgan fingerprint density at radius 3 is 2.62 bits per heavy atom. The first-order valence-electron chi connectivity index (χ1n) is 13.6. The summed E-state index contributed by atoms with van der Waals surface area (Å²) < 4.78 is 6.28. The van der Waals surface area contributed by atoms with Crippen LogP contribution >= 0.6 is 0 Å². The molecule has 0 bridgehead atoms. The molecule has 1 atom stereocenters. The fraction of sp³-hybridized carbons (Fsp3) is 0.455. The van der Waals surface area contributed by atoms with E-state index in [1.807, 2.05) is 18.2 Å². The molecule has 196 valence electrons. The molecule has 4 heteroatoms. The minimum atomic E-state index is -0.0866. The second kappa shape index (κ2) is 10.7. The molecular weight excluding hydrogens is 456 g/mol. The van der Waals surface area contributed by atoms with E-state index in [1.54, 1.807) is 6.92 Å². The Hall–Kier alpha value is -3.14. The van der Waals surface area contributed by atoms with Crippen molar-refractivity contribution in [2.45, 2.75) is 85.0 Å². The van der Waals surface area contributed by atoms with Gasteiger partial charge in [-0.25, -0.2) is 4.42 Å². The summed E-state index contributed by atoms with van der Waals surface area (Å²) in [5.41, 5.74) is 13.5. The van der Waals surface area contributed by atoms with Crippen molar-refractivity contribution in [3.8, 4) is 5.75 Å². The number of hydrogen-bond donors (Lipinski definition) is 0. The predicted molar refractivity (Wildman–Crippen MR) is 155 cm³/mol. The van der Waals surface area contributed by atoms with Gasteiger partial charge in [-0.2, -0.15) is 0 Å². The molecule has 2 aromatic rings. The van der Waals surface area contributed by atoms with Gasteiger partial charge in [-0.05, 0) is 58.2 Å². The number of ketones is 2. The van der Waals surface area contributed by atoms with E-state index in [9.17, 15) is 4.79 Å². The lowest BCUT2D eigenvalue weighted by atomic mass is 9.81. The van der Waals surface area contributed by atoms with E-state index < -0.39 is 0 Å². The molecule has 0 saturated carbocycles. The number of carbonyl (C=O) groups excluding carboxylic acids is 2. The highest BCUT2D eigenvalue weighted by Gasteiger charge is 2.40. The Morgan fingerprint density at radius 1 is 1.14 bits per heavy atom. The molecule has 2 heterocycles. The number of hydrogen-bond acceptors (Lipinski definition) is 2. The number of carbonyl (C=O) groups is 1. The van der Waals surface area contributed by atoms with E-state index in [0.29, 0.717) is 12.1 Å². The van der Waals surface area contributed by atoms with Crippen LogP contribution < -0.4 is 4.90 Å². The fourth-order valence-electron chi connectivity index (χ4n) is 5.53. The topological polar surface area (TPSA) is 55.4 Å². The quantitative estimate of drug-likeness (QED) is 0.269. The summed E-state index contributed by atoms with van der Waals surface area (Å²) in [6, 6.07) is 14.5. The van der Waals surface area contributed by atoms with Crippen LogP contribution in [0.3, 0.4) is 0 Å². The van der Waals surface area contributed by atoms with Crippen LogP contribution in [0.15, 0.2) is 66.4 Å². The Labute approximate surface area is 223 Å². The standard InChI is InChI=1S/C33H42N2O2/c1-23(36)13-8-7-11-20-35-28-16-10-9-15-27(28)33(5,6)30(35)17-12-14-24-21-31(32(2,3)4)37-29-22-25(34)18-19-26(24)29/h9-10,12,14-19,22,24,34H,7-8,11,13,20-21H2,1-6H3/b14-12+,30-17+. The number of Topliss-reactive ketones (excluding diaryl/α,β-unsaturated/α-hetero) is 1. The van der Waals surface area contributed by atoms with Crippen LogP contribution in [0.2, 0.25) is 0 Å². The Bertz CT molecular complexity index is 1240. The maximum Gasteiger partial charge on any atom is 0.355 e. The van der Waals surface area contributed by atoms with Crippen LogP contribution in [-0.4, -0.2) is 18.1 Å². The summed E-state index contributed by atoms with van der Waals surface area (Å²) in [7, 11) is 0. The van der Waals surface area contributed by atoms with Gasteiger partial charge in [0, 0.05) is 41.7 Å². The SMILES string of the molecule is CC(=O)CCCCCN1/C(=C/C=C/C2CC(C(C)(C)C)=[O+]c3cc([NH-])ccc32)C(C)(C)c2ccccc21. The maximum atomic E-state index is 11.3. The Balaban J connectivity index is 1.61. The van der Waals surface area contributed by atoms with Gasteiger partial charge in [0.1, 0.15) is 5.78 Å². The zero-order valence-corrected chi connectivity index (χ0v) is 23.4. The minimum absolute atomic E-state index is 0.0610. The van der Waals surface area contributed by atoms with Crippen LogP contribution in [0.5, 0.6) is 5.75 Å². The van der Waals surface area contributed by atoms with Gasteiger partial charge in [-0.15, -0.1) is 5.69 Å². The van der Waals surface area contributed by atoms with Gasteiger partial charge in [-0.3, -0.25) is 0 Å². The summed E-state index contributed by atoms with van der Waals surface area (Å²) >= 11 is 0. The molecule has 0 amide bonds. The molecule has 4 rings (SSSR count). The zero-order valence-electron chi connectivity index (χ0n) is 23.4. The van der Waals surface area contributed by atoms with E-state index in [0.717, 1.165) is 49.3 Å². The van der Waals surface area contributed by atoms with Crippen molar-refractivity contribution in [1.82, 2.24) is 0 Å². The number of allylic oxidation sites excluding steroid dienone is 4. The number of benzene rings is 2. The lowest BCUT2D eigenvalue weighted by molar-refractivity contribution is -0.377. The lowest BCUT2D eigenvalue weighted by Gasteiger charge is -2.27. The number of nitrogens with one attached hydrogen (secondary N) is 1. The number of unbranched alkanes of at least 4 members (excludes halogenated alkanes) is 2. The van der Waals surface area contributed by atoms with E-state index in [4.69, 9.17) is 10.2 Å². The summed E-state index contributed by atoms with van der Waals surface area (Å²) in [5, 5.41) is 0. The summed E-state index contributed by atoms with van der Waals surface area (Å²) in [6.07, 6.45) is 11.4. The van der Waals surface area contributed by atoms with Gasteiger partial charge in [0.2, 0.25) is 0 Å². The predicted octanol–water partition coefficient (Wildman–Crippen LogP) is 9.11. The minimum Gasteiger partial charge on any atom is -0.698 e. The van der Waals surface area contributed by atoms with E-state index >= 15 is 0 Å². The van der Waals surface area contributed by atoms with Gasteiger partial charge >= 0.3 is 11.5 Å². The highest BCUT2D eigenvalue weighted by Crippen LogP contribution is 2.48. The normalized spacial score (nSPS) is 19.7. The highest BCUT2D eigenvalue weighted by molar-refractivity contribution is 5.87. The zero-order chi connectivity index (χ0) is 26.8. The molecular formula is C33H42N2O2. The van der Waals surface area contributed by atoms with Crippen LogP contribution in [0.1, 0.15) is 90.7 Å². The summed E-state index contributed by atoms with van der Waals surface area (Å²) in [5.74, 6) is 2.36. The number of fused-ring (bicyclic) bond motifs is 2. The van der Waals surface area contributed by atoms with E-state index in [1.165, 1.54) is 16.9 Å². The number of anilines is 1. The summed E-state index contributed by atoms with van der Waals surface area (Å²) in [6.45, 7) is 13.8. The molecule has 0 aromatic heterocycles. The first-order valence-corrected chi connectivity index (χ1v) is 13.6. The van der Waals surface area contributed by atoms with Crippen molar-refractivity contribution in [2.75, 3.05) is 11.4 Å². The summed E-state index contributed by atoms with van der Waals surface area (Å²) in [4.78, 5) is 13.8. The van der Waals surface area contributed by atoms with E-state index in [-0.39, 0.29) is 22.5 Å². The van der Waals surface area contributed by atoms with Gasteiger partial charge in [0.25, 0.3) is 0 Å². The number of para-hydroxylation sites is 1. The Morgan fingerprint density at radius 2 is 1.89 bits per heavy atom. The number of nitrogens with zero attached hydrogens (tertiary/aromatic N) is 1. The van der Waals surface area contributed by atoms with Crippen LogP contribution in [0.25, 0.3) is 5.73 Å². The van der Waals surface area contributed by atoms with Crippen molar-refractivity contribution < 1.29 is 9.22 Å². The molecule has 0 fully saturated rings. The van der Waals surface area contributed by atoms with Gasteiger partial charge < -0.3 is 15.4 Å². The third kappa shape index (κ3) is 5.89. The fourth-order valence-corrected chi connectivity index (χ4v) is 5.53. The number of rotatable bonds is 8. The Kier molecular flexibility index (Phi) is 7.77.